The van der Waals surface area contributed by atoms with Gasteiger partial charge in [-0.25, -0.2) is 9.97 Å². The Morgan fingerprint density at radius 1 is 1.38 bits per heavy atom. The van der Waals surface area contributed by atoms with Gasteiger partial charge in [0.2, 0.25) is 5.28 Å². The number of nitrogens with zero attached hydrogens (tertiary/aromatic N) is 2. The van der Waals surface area contributed by atoms with Crippen molar-refractivity contribution in [3.05, 3.63) is 44.9 Å². The largest absolute Gasteiger partial charge is 0.340 e. The molecule has 1 N–H and O–H groups in total. The van der Waals surface area contributed by atoms with Crippen LogP contribution >= 0.6 is 34.2 Å². The van der Waals surface area contributed by atoms with Gasteiger partial charge in [0, 0.05) is 21.0 Å². The molecule has 0 atom stereocenters. The van der Waals surface area contributed by atoms with Gasteiger partial charge in [-0.15, -0.1) is 0 Å². The third-order valence-electron chi connectivity index (χ3n) is 2.03. The molecule has 0 aliphatic rings. The molecule has 0 amide bonds. The van der Waals surface area contributed by atoms with Crippen LogP contribution in [-0.4, -0.2) is 9.97 Å². The van der Waals surface area contributed by atoms with Crippen LogP contribution in [0.2, 0.25) is 5.28 Å². The molecule has 0 bridgehead atoms. The van der Waals surface area contributed by atoms with Gasteiger partial charge in [-0.3, -0.25) is 0 Å². The van der Waals surface area contributed by atoms with E-state index in [2.05, 4.69) is 37.9 Å². The second-order valence-corrected chi connectivity index (χ2v) is 4.89. The third kappa shape index (κ3) is 2.82. The first-order chi connectivity index (χ1) is 7.65. The van der Waals surface area contributed by atoms with E-state index in [0.717, 1.165) is 17.1 Å². The Labute approximate surface area is 112 Å². The lowest BCUT2D eigenvalue weighted by molar-refractivity contribution is 1.13. The molecule has 2 aromatic rings. The van der Waals surface area contributed by atoms with Gasteiger partial charge in [0.25, 0.3) is 0 Å². The number of hydrogen-bond donors (Lipinski definition) is 1. The molecule has 0 saturated carbocycles. The lowest BCUT2D eigenvalue weighted by atomic mass is 10.3. The zero-order valence-corrected chi connectivity index (χ0v) is 11.5. The van der Waals surface area contributed by atoms with E-state index in [-0.39, 0.29) is 5.28 Å². The highest BCUT2D eigenvalue weighted by molar-refractivity contribution is 14.1. The Morgan fingerprint density at radius 3 is 2.94 bits per heavy atom. The minimum atomic E-state index is 0.249. The van der Waals surface area contributed by atoms with Crippen molar-refractivity contribution in [1.29, 1.82) is 0 Å². The van der Waals surface area contributed by atoms with E-state index in [1.54, 1.807) is 6.20 Å². The topological polar surface area (TPSA) is 37.8 Å². The van der Waals surface area contributed by atoms with Gasteiger partial charge in [-0.2, -0.15) is 0 Å². The molecule has 1 aromatic heterocycles. The predicted molar refractivity (Wildman–Crippen MR) is 74.2 cm³/mol. The van der Waals surface area contributed by atoms with E-state index < -0.39 is 0 Å². The van der Waals surface area contributed by atoms with Crippen LogP contribution < -0.4 is 5.32 Å². The Bertz CT molecular complexity index is 516. The molecule has 0 unspecified atom stereocenters. The van der Waals surface area contributed by atoms with E-state index >= 15 is 0 Å². The van der Waals surface area contributed by atoms with Crippen LogP contribution in [0.4, 0.5) is 11.5 Å². The SMILES string of the molecule is Cc1cnc(Cl)nc1Nc1cccc(I)c1. The quantitative estimate of drug-likeness (QED) is 0.665. The molecule has 0 aliphatic carbocycles. The molecule has 1 aromatic carbocycles. The van der Waals surface area contributed by atoms with Crippen molar-refractivity contribution < 1.29 is 0 Å². The summed E-state index contributed by atoms with van der Waals surface area (Å²) in [5.41, 5.74) is 1.95. The van der Waals surface area contributed by atoms with Crippen LogP contribution in [0, 0.1) is 10.5 Å². The predicted octanol–water partition coefficient (Wildman–Crippen LogP) is 3.79. The van der Waals surface area contributed by atoms with Gasteiger partial charge in [0.05, 0.1) is 0 Å². The van der Waals surface area contributed by atoms with E-state index in [1.807, 2.05) is 31.2 Å². The molecule has 0 aliphatic heterocycles. The van der Waals surface area contributed by atoms with E-state index in [0.29, 0.717) is 0 Å². The molecule has 2 rings (SSSR count). The lowest BCUT2D eigenvalue weighted by Gasteiger charge is -2.08. The standard InChI is InChI=1S/C11H9ClIN3/c1-7-6-14-11(12)16-10(7)15-9-4-2-3-8(13)5-9/h2-6H,1H3,(H,14,15,16). The van der Waals surface area contributed by atoms with Crippen LogP contribution in [-0.2, 0) is 0 Å². The number of halogens is 2. The highest BCUT2D eigenvalue weighted by atomic mass is 127. The van der Waals surface area contributed by atoms with Crippen molar-refractivity contribution in [2.24, 2.45) is 0 Å². The molecule has 0 radical (unpaired) electrons. The van der Waals surface area contributed by atoms with Crippen molar-refractivity contribution in [2.45, 2.75) is 6.92 Å². The fourth-order valence-corrected chi connectivity index (χ4v) is 1.93. The van der Waals surface area contributed by atoms with Gasteiger partial charge in [-0.1, -0.05) is 6.07 Å². The van der Waals surface area contributed by atoms with Crippen molar-refractivity contribution in [3.63, 3.8) is 0 Å². The fraction of sp³-hybridized carbons (Fsp3) is 0.0909. The fourth-order valence-electron chi connectivity index (χ4n) is 1.25. The van der Waals surface area contributed by atoms with Crippen LogP contribution in [0.25, 0.3) is 0 Å². The second-order valence-electron chi connectivity index (χ2n) is 3.31. The van der Waals surface area contributed by atoms with Gasteiger partial charge in [-0.05, 0) is 59.3 Å². The summed E-state index contributed by atoms with van der Waals surface area (Å²) in [6.45, 7) is 1.94. The monoisotopic (exact) mass is 345 g/mol. The molecule has 3 nitrogen and oxygen atoms in total. The normalized spacial score (nSPS) is 10.2. The van der Waals surface area contributed by atoms with Gasteiger partial charge in [0.1, 0.15) is 5.82 Å². The molecule has 82 valence electrons. The molecule has 16 heavy (non-hydrogen) atoms. The lowest BCUT2D eigenvalue weighted by Crippen LogP contribution is -1.98. The molecule has 0 spiro atoms. The van der Waals surface area contributed by atoms with Crippen LogP contribution in [0.1, 0.15) is 5.56 Å². The maximum absolute atomic E-state index is 5.75. The van der Waals surface area contributed by atoms with Gasteiger partial charge in [0.15, 0.2) is 0 Å². The zero-order chi connectivity index (χ0) is 11.5. The van der Waals surface area contributed by atoms with Gasteiger partial charge < -0.3 is 5.32 Å². The van der Waals surface area contributed by atoms with Crippen LogP contribution in [0.3, 0.4) is 0 Å². The minimum Gasteiger partial charge on any atom is -0.340 e. The van der Waals surface area contributed by atoms with E-state index in [1.165, 1.54) is 3.57 Å². The second kappa shape index (κ2) is 4.97. The molecule has 0 saturated heterocycles. The Morgan fingerprint density at radius 2 is 2.19 bits per heavy atom. The highest BCUT2D eigenvalue weighted by Gasteiger charge is 2.02. The summed E-state index contributed by atoms with van der Waals surface area (Å²) < 4.78 is 1.17. The number of aromatic nitrogens is 2. The zero-order valence-electron chi connectivity index (χ0n) is 8.54. The highest BCUT2D eigenvalue weighted by Crippen LogP contribution is 2.20. The van der Waals surface area contributed by atoms with E-state index in [9.17, 15) is 0 Å². The first-order valence-corrected chi connectivity index (χ1v) is 6.12. The van der Waals surface area contributed by atoms with Gasteiger partial charge >= 0.3 is 0 Å². The van der Waals surface area contributed by atoms with E-state index in [4.69, 9.17) is 11.6 Å². The summed E-state index contributed by atoms with van der Waals surface area (Å²) in [6.07, 6.45) is 1.70. The van der Waals surface area contributed by atoms with Crippen LogP contribution in [0.15, 0.2) is 30.5 Å². The molecular formula is C11H9ClIN3. The first kappa shape index (κ1) is 11.6. The van der Waals surface area contributed by atoms with Crippen LogP contribution in [0.5, 0.6) is 0 Å². The number of nitrogens with one attached hydrogen (secondary N) is 1. The summed E-state index contributed by atoms with van der Waals surface area (Å²) in [4.78, 5) is 8.05. The Kier molecular flexibility index (Phi) is 3.60. The average Bonchev–Trinajstić information content (AvgIpc) is 2.24. The molecule has 5 heteroatoms. The van der Waals surface area contributed by atoms with Crippen molar-refractivity contribution >= 4 is 45.7 Å². The Hall–Kier alpha value is -0.880. The summed E-state index contributed by atoms with van der Waals surface area (Å²) in [6, 6.07) is 8.04. The maximum atomic E-state index is 5.75. The summed E-state index contributed by atoms with van der Waals surface area (Å²) >= 11 is 8.02. The Balaban J connectivity index is 2.30. The molecule has 0 fully saturated rings. The summed E-state index contributed by atoms with van der Waals surface area (Å²) in [5.74, 6) is 0.738. The number of anilines is 2. The minimum absolute atomic E-state index is 0.249. The summed E-state index contributed by atoms with van der Waals surface area (Å²) in [5, 5.41) is 3.46. The smallest absolute Gasteiger partial charge is 0.224 e. The summed E-state index contributed by atoms with van der Waals surface area (Å²) in [7, 11) is 0. The number of rotatable bonds is 2. The van der Waals surface area contributed by atoms with Crippen molar-refractivity contribution in [1.82, 2.24) is 9.97 Å². The molecule has 1 heterocycles. The number of benzene rings is 1. The number of aryl methyl sites for hydroxylation is 1. The third-order valence-corrected chi connectivity index (χ3v) is 2.88. The first-order valence-electron chi connectivity index (χ1n) is 4.67. The number of hydrogen-bond acceptors (Lipinski definition) is 3. The average molecular weight is 346 g/mol. The van der Waals surface area contributed by atoms with Crippen molar-refractivity contribution in [2.75, 3.05) is 5.32 Å². The van der Waals surface area contributed by atoms with Crippen molar-refractivity contribution in [3.8, 4) is 0 Å². The molecular weight excluding hydrogens is 336 g/mol. The maximum Gasteiger partial charge on any atom is 0.224 e.